The Morgan fingerprint density at radius 2 is 2.00 bits per heavy atom. The molecular formula is C14H17NO3S. The van der Waals surface area contributed by atoms with Gasteiger partial charge in [-0.3, -0.25) is 4.79 Å². The second-order valence-corrected chi connectivity index (χ2v) is 7.38. The minimum absolute atomic E-state index is 0.0897. The summed E-state index contributed by atoms with van der Waals surface area (Å²) >= 11 is 0. The van der Waals surface area contributed by atoms with Gasteiger partial charge in [0.05, 0.1) is 5.75 Å². The van der Waals surface area contributed by atoms with Crippen LogP contribution in [0.5, 0.6) is 0 Å². The van der Waals surface area contributed by atoms with E-state index in [2.05, 4.69) is 0 Å². The highest BCUT2D eigenvalue weighted by atomic mass is 32.2. The molecule has 4 nitrogen and oxygen atoms in total. The molecule has 0 bridgehead atoms. The Kier molecular flexibility index (Phi) is 3.09. The molecule has 5 heteroatoms. The fourth-order valence-corrected chi connectivity index (χ4v) is 4.30. The van der Waals surface area contributed by atoms with Crippen LogP contribution in [0.15, 0.2) is 30.3 Å². The standard InChI is InChI=1S/C14H17NO3S/c16-14(15-7-4-8-19(15,17)18)13-10-12(13)9-11-5-2-1-3-6-11/h1-3,5-6,12-13H,4,7-10H2. The Labute approximate surface area is 113 Å². The average Bonchev–Trinajstić information content (AvgIpc) is 3.05. The van der Waals surface area contributed by atoms with Crippen LogP contribution >= 0.6 is 0 Å². The molecule has 102 valence electrons. The van der Waals surface area contributed by atoms with Gasteiger partial charge < -0.3 is 0 Å². The van der Waals surface area contributed by atoms with Gasteiger partial charge in [-0.2, -0.15) is 0 Å². The molecule has 1 aliphatic carbocycles. The molecule has 1 aromatic rings. The van der Waals surface area contributed by atoms with E-state index >= 15 is 0 Å². The first-order valence-corrected chi connectivity index (χ1v) is 8.27. The summed E-state index contributed by atoms with van der Waals surface area (Å²) in [7, 11) is -3.30. The highest BCUT2D eigenvalue weighted by Gasteiger charge is 2.48. The van der Waals surface area contributed by atoms with Crippen LogP contribution in [0.4, 0.5) is 0 Å². The lowest BCUT2D eigenvalue weighted by molar-refractivity contribution is -0.127. The topological polar surface area (TPSA) is 54.5 Å². The molecule has 1 saturated heterocycles. The van der Waals surface area contributed by atoms with Gasteiger partial charge in [-0.25, -0.2) is 12.7 Å². The Bertz CT molecular complexity index is 582. The van der Waals surface area contributed by atoms with E-state index in [9.17, 15) is 13.2 Å². The predicted octanol–water partition coefficient (Wildman–Crippen LogP) is 1.43. The second kappa shape index (κ2) is 4.63. The quantitative estimate of drug-likeness (QED) is 0.841. The molecule has 19 heavy (non-hydrogen) atoms. The third-order valence-electron chi connectivity index (χ3n) is 3.93. The van der Waals surface area contributed by atoms with Gasteiger partial charge in [-0.15, -0.1) is 0 Å². The van der Waals surface area contributed by atoms with Crippen LogP contribution in [0.1, 0.15) is 18.4 Å². The van der Waals surface area contributed by atoms with Crippen molar-refractivity contribution in [2.45, 2.75) is 19.3 Å². The van der Waals surface area contributed by atoms with Crippen LogP contribution < -0.4 is 0 Å². The van der Waals surface area contributed by atoms with Crippen LogP contribution in [-0.4, -0.2) is 30.9 Å². The van der Waals surface area contributed by atoms with Gasteiger partial charge in [0.15, 0.2) is 0 Å². The largest absolute Gasteiger partial charge is 0.273 e. The van der Waals surface area contributed by atoms with Crippen LogP contribution in [0.3, 0.4) is 0 Å². The average molecular weight is 279 g/mol. The molecule has 1 aromatic carbocycles. The zero-order chi connectivity index (χ0) is 13.5. The van der Waals surface area contributed by atoms with E-state index in [1.54, 1.807) is 0 Å². The molecular weight excluding hydrogens is 262 g/mol. The van der Waals surface area contributed by atoms with E-state index < -0.39 is 10.0 Å². The third-order valence-corrected chi connectivity index (χ3v) is 5.76. The SMILES string of the molecule is O=C(C1CC1Cc1ccccc1)N1CCCS1(=O)=O. The summed E-state index contributed by atoms with van der Waals surface area (Å²) in [4.78, 5) is 12.2. The normalized spacial score (nSPS) is 28.3. The number of benzene rings is 1. The number of hydrogen-bond donors (Lipinski definition) is 0. The van der Waals surface area contributed by atoms with Gasteiger partial charge in [0.25, 0.3) is 0 Å². The maximum Gasteiger partial charge on any atom is 0.239 e. The van der Waals surface area contributed by atoms with Crippen molar-refractivity contribution in [2.24, 2.45) is 11.8 Å². The first-order chi connectivity index (χ1) is 9.08. The van der Waals surface area contributed by atoms with Crippen molar-refractivity contribution in [1.82, 2.24) is 4.31 Å². The molecule has 0 spiro atoms. The van der Waals surface area contributed by atoms with Crippen LogP contribution in [-0.2, 0) is 21.2 Å². The molecule has 0 N–H and O–H groups in total. The van der Waals surface area contributed by atoms with Gasteiger partial charge in [-0.1, -0.05) is 30.3 Å². The number of carbonyl (C=O) groups is 1. The van der Waals surface area contributed by atoms with E-state index in [0.717, 1.165) is 17.1 Å². The Hall–Kier alpha value is -1.36. The van der Waals surface area contributed by atoms with E-state index in [1.807, 2.05) is 30.3 Å². The summed E-state index contributed by atoms with van der Waals surface area (Å²) in [5.74, 6) is 0.159. The van der Waals surface area contributed by atoms with Crippen molar-refractivity contribution in [3.8, 4) is 0 Å². The Morgan fingerprint density at radius 1 is 1.26 bits per heavy atom. The van der Waals surface area contributed by atoms with Crippen molar-refractivity contribution in [1.29, 1.82) is 0 Å². The van der Waals surface area contributed by atoms with Crippen LogP contribution in [0, 0.1) is 11.8 Å². The number of sulfonamides is 1. The lowest BCUT2D eigenvalue weighted by Crippen LogP contribution is -2.34. The molecule has 1 aliphatic heterocycles. The van der Waals surface area contributed by atoms with Gasteiger partial charge >= 0.3 is 0 Å². The molecule has 2 unspecified atom stereocenters. The van der Waals surface area contributed by atoms with Crippen molar-refractivity contribution >= 4 is 15.9 Å². The number of rotatable bonds is 3. The number of nitrogens with zero attached hydrogens (tertiary/aromatic N) is 1. The highest BCUT2D eigenvalue weighted by molar-refractivity contribution is 7.89. The second-order valence-electron chi connectivity index (χ2n) is 5.37. The van der Waals surface area contributed by atoms with Crippen molar-refractivity contribution < 1.29 is 13.2 Å². The first kappa shape index (κ1) is 12.7. The maximum atomic E-state index is 12.2. The summed E-state index contributed by atoms with van der Waals surface area (Å²) in [6, 6.07) is 10.0. The van der Waals surface area contributed by atoms with Crippen molar-refractivity contribution in [3.63, 3.8) is 0 Å². The van der Waals surface area contributed by atoms with Crippen molar-refractivity contribution in [2.75, 3.05) is 12.3 Å². The van der Waals surface area contributed by atoms with Gasteiger partial charge in [0, 0.05) is 12.5 Å². The van der Waals surface area contributed by atoms with Gasteiger partial charge in [0.2, 0.25) is 15.9 Å². The molecule has 1 amide bonds. The summed E-state index contributed by atoms with van der Waals surface area (Å²) in [5.41, 5.74) is 1.21. The lowest BCUT2D eigenvalue weighted by atomic mass is 10.1. The van der Waals surface area contributed by atoms with Crippen LogP contribution in [0.25, 0.3) is 0 Å². The summed E-state index contributed by atoms with van der Waals surface area (Å²) in [6.45, 7) is 0.371. The van der Waals surface area contributed by atoms with E-state index in [-0.39, 0.29) is 17.6 Å². The summed E-state index contributed by atoms with van der Waals surface area (Å²) in [5, 5.41) is 0. The molecule has 0 aromatic heterocycles. The fourth-order valence-electron chi connectivity index (χ4n) is 2.76. The molecule has 3 rings (SSSR count). The third kappa shape index (κ3) is 2.52. The predicted molar refractivity (Wildman–Crippen MR) is 71.9 cm³/mol. The van der Waals surface area contributed by atoms with Gasteiger partial charge in [-0.05, 0) is 30.7 Å². The molecule has 1 saturated carbocycles. The molecule has 2 fully saturated rings. The molecule has 1 heterocycles. The maximum absolute atomic E-state index is 12.2. The summed E-state index contributed by atoms with van der Waals surface area (Å²) in [6.07, 6.45) is 2.26. The Balaban J connectivity index is 1.62. The van der Waals surface area contributed by atoms with E-state index in [1.165, 1.54) is 5.56 Å². The zero-order valence-electron chi connectivity index (χ0n) is 10.7. The monoisotopic (exact) mass is 279 g/mol. The zero-order valence-corrected chi connectivity index (χ0v) is 11.5. The van der Waals surface area contributed by atoms with Crippen LogP contribution in [0.2, 0.25) is 0 Å². The fraction of sp³-hybridized carbons (Fsp3) is 0.500. The first-order valence-electron chi connectivity index (χ1n) is 6.66. The summed E-state index contributed by atoms with van der Waals surface area (Å²) < 4.78 is 24.5. The van der Waals surface area contributed by atoms with E-state index in [0.29, 0.717) is 18.9 Å². The molecule has 2 atom stereocenters. The smallest absolute Gasteiger partial charge is 0.239 e. The minimum Gasteiger partial charge on any atom is -0.273 e. The van der Waals surface area contributed by atoms with Crippen molar-refractivity contribution in [3.05, 3.63) is 35.9 Å². The number of hydrogen-bond acceptors (Lipinski definition) is 3. The number of amides is 1. The number of carbonyl (C=O) groups excluding carboxylic acids is 1. The van der Waals surface area contributed by atoms with Gasteiger partial charge in [0.1, 0.15) is 0 Å². The molecule has 2 aliphatic rings. The highest BCUT2D eigenvalue weighted by Crippen LogP contribution is 2.43. The minimum atomic E-state index is -3.30. The Morgan fingerprint density at radius 3 is 2.63 bits per heavy atom. The molecule has 0 radical (unpaired) electrons. The van der Waals surface area contributed by atoms with E-state index in [4.69, 9.17) is 0 Å². The lowest BCUT2D eigenvalue weighted by Gasteiger charge is -2.14.